The molecule has 0 bridgehead atoms. The number of nitrogens with zero attached hydrogens (tertiary/aromatic N) is 1. The van der Waals surface area contributed by atoms with E-state index in [0.717, 1.165) is 13.0 Å². The number of benzene rings is 1. The maximum absolute atomic E-state index is 6.11. The van der Waals surface area contributed by atoms with Crippen LogP contribution < -0.4 is 10.6 Å². The zero-order valence-electron chi connectivity index (χ0n) is 11.9. The molecule has 1 aliphatic carbocycles. The minimum Gasteiger partial charge on any atom is -0.367 e. The first kappa shape index (κ1) is 13.4. The van der Waals surface area contributed by atoms with Gasteiger partial charge in [-0.2, -0.15) is 0 Å². The first-order valence-electron chi connectivity index (χ1n) is 7.17. The molecule has 0 heterocycles. The Balaban J connectivity index is 2.25. The summed E-state index contributed by atoms with van der Waals surface area (Å²) in [6.45, 7) is 5.29. The fraction of sp³-hybridized carbons (Fsp3) is 0.625. The third kappa shape index (κ3) is 2.14. The van der Waals surface area contributed by atoms with E-state index in [1.54, 1.807) is 0 Å². The number of anilines is 1. The monoisotopic (exact) mass is 246 g/mol. The molecule has 1 saturated carbocycles. The van der Waals surface area contributed by atoms with E-state index in [-0.39, 0.29) is 5.54 Å². The summed E-state index contributed by atoms with van der Waals surface area (Å²) in [5.41, 5.74) is 8.97. The van der Waals surface area contributed by atoms with Crippen LogP contribution in [0.1, 0.15) is 38.7 Å². The van der Waals surface area contributed by atoms with Crippen molar-refractivity contribution in [2.45, 2.75) is 45.1 Å². The molecule has 2 rings (SSSR count). The maximum Gasteiger partial charge on any atom is 0.0546 e. The van der Waals surface area contributed by atoms with Gasteiger partial charge in [0.2, 0.25) is 0 Å². The van der Waals surface area contributed by atoms with Gasteiger partial charge in [-0.3, -0.25) is 0 Å². The summed E-state index contributed by atoms with van der Waals surface area (Å²) in [5, 5.41) is 0. The number of rotatable bonds is 4. The van der Waals surface area contributed by atoms with Gasteiger partial charge >= 0.3 is 0 Å². The maximum atomic E-state index is 6.11. The van der Waals surface area contributed by atoms with Gasteiger partial charge < -0.3 is 10.6 Å². The minimum absolute atomic E-state index is 0.160. The van der Waals surface area contributed by atoms with Crippen LogP contribution in [0.2, 0.25) is 0 Å². The average molecular weight is 246 g/mol. The molecule has 0 radical (unpaired) electrons. The third-order valence-electron chi connectivity index (χ3n) is 4.92. The molecular formula is C16H26N2. The molecule has 2 unspecified atom stereocenters. The molecule has 0 saturated heterocycles. The predicted octanol–water partition coefficient (Wildman–Crippen LogP) is 3.20. The van der Waals surface area contributed by atoms with Gasteiger partial charge in [0.25, 0.3) is 0 Å². The van der Waals surface area contributed by atoms with Crippen molar-refractivity contribution in [3.8, 4) is 0 Å². The molecule has 0 amide bonds. The second kappa shape index (κ2) is 5.31. The predicted molar refractivity (Wildman–Crippen MR) is 79.0 cm³/mol. The lowest BCUT2D eigenvalue weighted by Crippen LogP contribution is -2.54. The summed E-state index contributed by atoms with van der Waals surface area (Å²) in [6, 6.07) is 8.94. The Hall–Kier alpha value is -1.02. The topological polar surface area (TPSA) is 29.3 Å². The highest BCUT2D eigenvalue weighted by Crippen LogP contribution is 2.40. The minimum atomic E-state index is 0.160. The normalized spacial score (nSPS) is 27.4. The summed E-state index contributed by atoms with van der Waals surface area (Å²) in [4.78, 5) is 2.42. The van der Waals surface area contributed by atoms with E-state index in [4.69, 9.17) is 5.73 Å². The van der Waals surface area contributed by atoms with Gasteiger partial charge in [0, 0.05) is 19.3 Å². The van der Waals surface area contributed by atoms with E-state index in [1.807, 2.05) is 0 Å². The van der Waals surface area contributed by atoms with Gasteiger partial charge in [-0.25, -0.2) is 0 Å². The van der Waals surface area contributed by atoms with Crippen LogP contribution in [-0.4, -0.2) is 19.1 Å². The van der Waals surface area contributed by atoms with E-state index in [2.05, 4.69) is 50.1 Å². The molecule has 2 heteroatoms. The van der Waals surface area contributed by atoms with Crippen molar-refractivity contribution < 1.29 is 0 Å². The summed E-state index contributed by atoms with van der Waals surface area (Å²) in [5.74, 6) is 0.679. The quantitative estimate of drug-likeness (QED) is 0.884. The van der Waals surface area contributed by atoms with E-state index >= 15 is 0 Å². The summed E-state index contributed by atoms with van der Waals surface area (Å²) in [7, 11) is 2.20. The third-order valence-corrected chi connectivity index (χ3v) is 4.92. The molecule has 1 aromatic carbocycles. The largest absolute Gasteiger partial charge is 0.367 e. The van der Waals surface area contributed by atoms with Crippen LogP contribution in [0.4, 0.5) is 5.69 Å². The average Bonchev–Trinajstić information content (AvgIpc) is 2.80. The number of aryl methyl sites for hydroxylation is 1. The molecule has 2 N–H and O–H groups in total. The van der Waals surface area contributed by atoms with E-state index < -0.39 is 0 Å². The van der Waals surface area contributed by atoms with Crippen molar-refractivity contribution in [2.75, 3.05) is 18.5 Å². The Labute approximate surface area is 111 Å². The van der Waals surface area contributed by atoms with Crippen molar-refractivity contribution in [1.29, 1.82) is 0 Å². The van der Waals surface area contributed by atoms with Crippen molar-refractivity contribution >= 4 is 5.69 Å². The Morgan fingerprint density at radius 1 is 1.33 bits per heavy atom. The molecule has 0 aromatic heterocycles. The van der Waals surface area contributed by atoms with Crippen molar-refractivity contribution in [3.05, 3.63) is 29.8 Å². The molecule has 1 aliphatic rings. The van der Waals surface area contributed by atoms with Gasteiger partial charge in [0.15, 0.2) is 0 Å². The summed E-state index contributed by atoms with van der Waals surface area (Å²) in [6.07, 6.45) is 4.92. The van der Waals surface area contributed by atoms with Crippen LogP contribution in [0.5, 0.6) is 0 Å². The van der Waals surface area contributed by atoms with Crippen LogP contribution in [0, 0.1) is 5.92 Å². The highest BCUT2D eigenvalue weighted by atomic mass is 15.2. The molecule has 2 nitrogen and oxygen atoms in total. The van der Waals surface area contributed by atoms with Crippen molar-refractivity contribution in [3.63, 3.8) is 0 Å². The Morgan fingerprint density at radius 2 is 2.00 bits per heavy atom. The Kier molecular flexibility index (Phi) is 3.96. The second-order valence-electron chi connectivity index (χ2n) is 5.68. The van der Waals surface area contributed by atoms with E-state index in [9.17, 15) is 0 Å². The first-order chi connectivity index (χ1) is 8.64. The number of nitrogens with two attached hydrogens (primary N) is 1. The standard InChI is InChI=1S/C16H26N2/c1-4-14-7-9-15(10-8-14)18(3)16(12-17)11-5-6-13(16)2/h7-10,13H,4-6,11-12,17H2,1-3H3. The lowest BCUT2D eigenvalue weighted by Gasteiger charge is -2.43. The molecule has 1 fully saturated rings. The second-order valence-corrected chi connectivity index (χ2v) is 5.68. The zero-order chi connectivity index (χ0) is 13.2. The van der Waals surface area contributed by atoms with E-state index in [0.29, 0.717) is 5.92 Å². The first-order valence-corrected chi connectivity index (χ1v) is 7.17. The fourth-order valence-electron chi connectivity index (χ4n) is 3.38. The van der Waals surface area contributed by atoms with Crippen LogP contribution in [0.3, 0.4) is 0 Å². The number of hydrogen-bond acceptors (Lipinski definition) is 2. The number of hydrogen-bond donors (Lipinski definition) is 1. The lowest BCUT2D eigenvalue weighted by molar-refractivity contribution is 0.331. The molecule has 0 aliphatic heterocycles. The van der Waals surface area contributed by atoms with Gasteiger partial charge in [0.1, 0.15) is 0 Å². The molecule has 0 spiro atoms. The van der Waals surface area contributed by atoms with E-state index in [1.165, 1.54) is 30.5 Å². The molecular weight excluding hydrogens is 220 g/mol. The Morgan fingerprint density at radius 3 is 2.44 bits per heavy atom. The van der Waals surface area contributed by atoms with Gasteiger partial charge in [-0.1, -0.05) is 32.4 Å². The van der Waals surface area contributed by atoms with Crippen LogP contribution in [-0.2, 0) is 6.42 Å². The highest BCUT2D eigenvalue weighted by molar-refractivity contribution is 5.50. The highest BCUT2D eigenvalue weighted by Gasteiger charge is 2.42. The van der Waals surface area contributed by atoms with Gasteiger partial charge in [-0.15, -0.1) is 0 Å². The molecule has 18 heavy (non-hydrogen) atoms. The lowest BCUT2D eigenvalue weighted by atomic mass is 9.86. The van der Waals surface area contributed by atoms with Crippen LogP contribution in [0.15, 0.2) is 24.3 Å². The van der Waals surface area contributed by atoms with Crippen molar-refractivity contribution in [1.82, 2.24) is 0 Å². The molecule has 1 aromatic rings. The van der Waals surface area contributed by atoms with Crippen LogP contribution in [0.25, 0.3) is 0 Å². The van der Waals surface area contributed by atoms with Crippen LogP contribution >= 0.6 is 0 Å². The SMILES string of the molecule is CCc1ccc(N(C)C2(CN)CCCC2C)cc1. The van der Waals surface area contributed by atoms with Gasteiger partial charge in [-0.05, 0) is 42.9 Å². The zero-order valence-corrected chi connectivity index (χ0v) is 11.9. The summed E-state index contributed by atoms with van der Waals surface area (Å²) >= 11 is 0. The smallest absolute Gasteiger partial charge is 0.0546 e. The number of likely N-dealkylation sites (N-methyl/N-ethyl adjacent to an activating group) is 1. The molecule has 2 atom stereocenters. The summed E-state index contributed by atoms with van der Waals surface area (Å²) < 4.78 is 0. The Bertz CT molecular complexity index is 385. The fourth-order valence-corrected chi connectivity index (χ4v) is 3.38. The molecule has 100 valence electrons. The van der Waals surface area contributed by atoms with Crippen molar-refractivity contribution in [2.24, 2.45) is 11.7 Å². The van der Waals surface area contributed by atoms with Gasteiger partial charge in [0.05, 0.1) is 5.54 Å².